The first-order valence-corrected chi connectivity index (χ1v) is 17.9. The Morgan fingerprint density at radius 1 is 0.692 bits per heavy atom. The number of carbonyl (C=O) groups excluding carboxylic acids is 2. The van der Waals surface area contributed by atoms with Crippen LogP contribution in [0.25, 0.3) is 11.1 Å². The molecule has 0 bridgehead atoms. The van der Waals surface area contributed by atoms with E-state index in [0.717, 1.165) is 60.1 Å². The maximum absolute atomic E-state index is 13.3. The van der Waals surface area contributed by atoms with Gasteiger partial charge in [0.2, 0.25) is 5.69 Å². The van der Waals surface area contributed by atoms with Crippen LogP contribution < -0.4 is 20.1 Å². The number of hydrogen-bond acceptors (Lipinski definition) is 6. The fourth-order valence-corrected chi connectivity index (χ4v) is 5.44. The summed E-state index contributed by atoms with van der Waals surface area (Å²) in [6.07, 6.45) is 7.75. The number of rotatable bonds is 17. The van der Waals surface area contributed by atoms with Gasteiger partial charge in [-0.2, -0.15) is 4.74 Å². The van der Waals surface area contributed by atoms with E-state index in [2.05, 4.69) is 29.5 Å². The minimum atomic E-state index is -0.278. The summed E-state index contributed by atoms with van der Waals surface area (Å²) in [6.45, 7) is 7.33. The summed E-state index contributed by atoms with van der Waals surface area (Å²) in [7, 11) is 0. The van der Waals surface area contributed by atoms with Crippen LogP contribution in [-0.4, -0.2) is 41.0 Å². The molecule has 52 heavy (non-hydrogen) atoms. The SMILES string of the molecule is CCCCCOc1cc(OCCCCC)cc(C(=O)Nc2ccc(-c3ccc(/[N+]([O-])=C/c4ccc(C(=O)Nc5cccc(C)n5)cc4)cc3)cc2)c1. The number of unbranched alkanes of at least 4 members (excludes halogenated alkanes) is 4. The highest BCUT2D eigenvalue weighted by Crippen LogP contribution is 2.27. The molecule has 0 aliphatic heterocycles. The summed E-state index contributed by atoms with van der Waals surface area (Å²) in [4.78, 5) is 30.2. The molecular formula is C43H46N4O5. The lowest BCUT2D eigenvalue weighted by Crippen LogP contribution is -2.13. The molecule has 1 aromatic heterocycles. The average molecular weight is 699 g/mol. The second-order valence-corrected chi connectivity index (χ2v) is 12.6. The Morgan fingerprint density at radius 3 is 1.85 bits per heavy atom. The molecule has 2 N–H and O–H groups in total. The first kappa shape index (κ1) is 37.3. The molecular weight excluding hydrogens is 652 g/mol. The van der Waals surface area contributed by atoms with Crippen LogP contribution in [0.15, 0.2) is 109 Å². The molecule has 9 heteroatoms. The van der Waals surface area contributed by atoms with E-state index < -0.39 is 0 Å². The lowest BCUT2D eigenvalue weighted by atomic mass is 10.0. The third-order valence-corrected chi connectivity index (χ3v) is 8.34. The fraction of sp³-hybridized carbons (Fsp3) is 0.256. The second kappa shape index (κ2) is 18.9. The van der Waals surface area contributed by atoms with Crippen LogP contribution in [0.1, 0.15) is 84.3 Å². The normalized spacial score (nSPS) is 11.2. The standard InChI is InChI=1S/C43H46N4O5/c1-4-6-8-25-51-39-27-36(28-40(29-39)52-26-9-7-5-2)43(49)45-37-21-17-33(18-22-37)34-19-23-38(24-20-34)47(50)30-32-13-15-35(16-14-32)42(48)46-41-12-10-11-31(3)44-41/h10-24,27-30H,4-9,25-26H2,1-3H3,(H,45,49)(H,44,46,48)/b47-30-. The van der Waals surface area contributed by atoms with Gasteiger partial charge in [-0.3, -0.25) is 9.59 Å². The molecule has 4 aromatic carbocycles. The number of nitrogens with zero attached hydrogens (tertiary/aromatic N) is 2. The van der Waals surface area contributed by atoms with Gasteiger partial charge in [0.05, 0.1) is 13.2 Å². The molecule has 5 aromatic rings. The number of anilines is 2. The Bertz CT molecular complexity index is 1930. The van der Waals surface area contributed by atoms with Crippen molar-refractivity contribution in [1.29, 1.82) is 0 Å². The van der Waals surface area contributed by atoms with Crippen LogP contribution in [0.4, 0.5) is 17.2 Å². The Labute approximate surface area is 305 Å². The predicted molar refractivity (Wildman–Crippen MR) is 208 cm³/mol. The number of benzene rings is 4. The number of amides is 2. The highest BCUT2D eigenvalue weighted by Gasteiger charge is 2.13. The molecule has 0 atom stereocenters. The number of pyridine rings is 1. The molecule has 268 valence electrons. The van der Waals surface area contributed by atoms with Crippen LogP contribution >= 0.6 is 0 Å². The van der Waals surface area contributed by atoms with Gasteiger partial charge in [-0.15, -0.1) is 0 Å². The summed E-state index contributed by atoms with van der Waals surface area (Å²) < 4.78 is 12.7. The fourth-order valence-electron chi connectivity index (χ4n) is 5.44. The number of nitrogens with one attached hydrogen (secondary N) is 2. The highest BCUT2D eigenvalue weighted by molar-refractivity contribution is 6.05. The monoisotopic (exact) mass is 698 g/mol. The third-order valence-electron chi connectivity index (χ3n) is 8.34. The number of carbonyl (C=O) groups is 2. The summed E-state index contributed by atoms with van der Waals surface area (Å²) in [5.41, 5.74) is 5.37. The quantitative estimate of drug-likeness (QED) is 0.0328. The van der Waals surface area contributed by atoms with Crippen LogP contribution in [-0.2, 0) is 0 Å². The van der Waals surface area contributed by atoms with Crippen molar-refractivity contribution < 1.29 is 23.8 Å². The zero-order valence-corrected chi connectivity index (χ0v) is 30.1. The van der Waals surface area contributed by atoms with Gasteiger partial charge >= 0.3 is 0 Å². The topological polar surface area (TPSA) is 116 Å². The summed E-state index contributed by atoms with van der Waals surface area (Å²) in [5, 5.41) is 18.7. The molecule has 5 rings (SSSR count). The molecule has 0 saturated heterocycles. The maximum Gasteiger partial charge on any atom is 0.256 e. The predicted octanol–water partition coefficient (Wildman–Crippen LogP) is 9.96. The van der Waals surface area contributed by atoms with Crippen LogP contribution in [0.3, 0.4) is 0 Å². The zero-order valence-electron chi connectivity index (χ0n) is 30.1. The number of ether oxygens (including phenoxy) is 2. The smallest absolute Gasteiger partial charge is 0.256 e. The third kappa shape index (κ3) is 11.0. The summed E-state index contributed by atoms with van der Waals surface area (Å²) >= 11 is 0. The van der Waals surface area contributed by atoms with E-state index in [1.165, 1.54) is 6.21 Å². The number of hydrogen-bond donors (Lipinski definition) is 2. The summed E-state index contributed by atoms with van der Waals surface area (Å²) in [5.74, 6) is 1.20. The largest absolute Gasteiger partial charge is 0.618 e. The molecule has 0 radical (unpaired) electrons. The van der Waals surface area contributed by atoms with E-state index in [4.69, 9.17) is 9.47 Å². The van der Waals surface area contributed by atoms with Gasteiger partial charge in [0.1, 0.15) is 17.3 Å². The molecule has 0 unspecified atom stereocenters. The van der Waals surface area contributed by atoms with Crippen molar-refractivity contribution >= 4 is 35.2 Å². The molecule has 0 saturated carbocycles. The van der Waals surface area contributed by atoms with Gasteiger partial charge in [0.25, 0.3) is 11.8 Å². The van der Waals surface area contributed by atoms with Crippen LogP contribution in [0.5, 0.6) is 11.5 Å². The van der Waals surface area contributed by atoms with Crippen molar-refractivity contribution in [2.75, 3.05) is 23.8 Å². The second-order valence-electron chi connectivity index (χ2n) is 12.6. The van der Waals surface area contributed by atoms with Crippen LogP contribution in [0.2, 0.25) is 0 Å². The van der Waals surface area contributed by atoms with Gasteiger partial charge < -0.3 is 25.3 Å². The average Bonchev–Trinajstić information content (AvgIpc) is 3.16. The first-order valence-electron chi connectivity index (χ1n) is 17.9. The van der Waals surface area contributed by atoms with Gasteiger partial charge in [-0.25, -0.2) is 4.98 Å². The minimum Gasteiger partial charge on any atom is -0.618 e. The van der Waals surface area contributed by atoms with Gasteiger partial charge in [0, 0.05) is 46.3 Å². The Hall–Kier alpha value is -5.96. The van der Waals surface area contributed by atoms with Crippen molar-refractivity contribution in [3.05, 3.63) is 137 Å². The summed E-state index contributed by atoms with van der Waals surface area (Å²) in [6, 6.07) is 32.4. The van der Waals surface area contributed by atoms with Crippen molar-refractivity contribution in [3.8, 4) is 22.6 Å². The molecule has 9 nitrogen and oxygen atoms in total. The van der Waals surface area contributed by atoms with Gasteiger partial charge in [0.15, 0.2) is 6.21 Å². The van der Waals surface area contributed by atoms with Crippen molar-refractivity contribution in [2.24, 2.45) is 0 Å². The molecule has 0 aliphatic carbocycles. The molecule has 0 spiro atoms. The van der Waals surface area contributed by atoms with E-state index in [-0.39, 0.29) is 11.8 Å². The van der Waals surface area contributed by atoms with Gasteiger partial charge in [-0.1, -0.05) is 57.7 Å². The van der Waals surface area contributed by atoms with Gasteiger partial charge in [-0.05, 0) is 104 Å². The van der Waals surface area contributed by atoms with E-state index >= 15 is 0 Å². The maximum atomic E-state index is 13.3. The molecule has 1 heterocycles. The zero-order chi connectivity index (χ0) is 36.7. The van der Waals surface area contributed by atoms with Crippen molar-refractivity contribution in [3.63, 3.8) is 0 Å². The Balaban J connectivity index is 1.19. The van der Waals surface area contributed by atoms with E-state index in [1.807, 2.05) is 61.5 Å². The Morgan fingerprint density at radius 2 is 1.27 bits per heavy atom. The van der Waals surface area contributed by atoms with E-state index in [1.54, 1.807) is 54.6 Å². The van der Waals surface area contributed by atoms with E-state index in [9.17, 15) is 14.8 Å². The van der Waals surface area contributed by atoms with Crippen molar-refractivity contribution in [2.45, 2.75) is 59.3 Å². The first-order chi connectivity index (χ1) is 25.3. The number of aryl methyl sites for hydroxylation is 1. The van der Waals surface area contributed by atoms with Crippen molar-refractivity contribution in [1.82, 2.24) is 4.98 Å². The highest BCUT2D eigenvalue weighted by atomic mass is 16.5. The Kier molecular flexibility index (Phi) is 13.5. The minimum absolute atomic E-state index is 0.251. The molecule has 2 amide bonds. The molecule has 0 fully saturated rings. The van der Waals surface area contributed by atoms with E-state index in [0.29, 0.717) is 58.6 Å². The van der Waals surface area contributed by atoms with Crippen LogP contribution in [0, 0.1) is 12.1 Å². The number of aromatic nitrogens is 1. The lowest BCUT2D eigenvalue weighted by Gasteiger charge is -2.13. The lowest BCUT2D eigenvalue weighted by molar-refractivity contribution is -0.354. The molecule has 0 aliphatic rings.